The molecule has 0 fully saturated rings. The van der Waals surface area contributed by atoms with E-state index in [0.717, 1.165) is 0 Å². The number of hydrazine groups is 1. The number of carbonyl (C=O) groups is 2. The van der Waals surface area contributed by atoms with E-state index in [2.05, 4.69) is 15.8 Å². The van der Waals surface area contributed by atoms with Crippen molar-refractivity contribution in [2.45, 2.75) is 0 Å². The second-order valence-corrected chi connectivity index (χ2v) is 4.52. The summed E-state index contributed by atoms with van der Waals surface area (Å²) in [7, 11) is 0. The molecule has 2 rings (SSSR count). The molecule has 0 aliphatic heterocycles. The average Bonchev–Trinajstić information content (AvgIpc) is 2.83. The topological polar surface area (TPSA) is 74.0 Å². The van der Waals surface area contributed by atoms with Gasteiger partial charge in [0.15, 0.2) is 0 Å². The van der Waals surface area contributed by atoms with Gasteiger partial charge >= 0.3 is 0 Å². The van der Waals surface area contributed by atoms with Crippen molar-refractivity contribution in [3.8, 4) is 0 Å². The van der Waals surface area contributed by atoms with Crippen LogP contribution >= 0.6 is 23.2 Å². The minimum Gasteiger partial charge on any atom is -0.356 e. The van der Waals surface area contributed by atoms with Gasteiger partial charge in [0.25, 0.3) is 11.8 Å². The fourth-order valence-corrected chi connectivity index (χ4v) is 1.64. The number of nitrogens with one attached hydrogen (secondary N) is 3. The van der Waals surface area contributed by atoms with Crippen LogP contribution in [0.3, 0.4) is 0 Å². The first kappa shape index (κ1) is 13.5. The third kappa shape index (κ3) is 3.49. The van der Waals surface area contributed by atoms with Gasteiger partial charge in [0.2, 0.25) is 0 Å². The number of halogens is 2. The fourth-order valence-electron chi connectivity index (χ4n) is 1.35. The molecule has 0 spiro atoms. The minimum atomic E-state index is -0.491. The molecule has 0 bridgehead atoms. The Labute approximate surface area is 118 Å². The number of carbonyl (C=O) groups excluding carboxylic acids is 2. The number of hydrogen-bond donors (Lipinski definition) is 3. The molecule has 0 atom stereocenters. The van der Waals surface area contributed by atoms with Gasteiger partial charge in [0, 0.05) is 16.8 Å². The Morgan fingerprint density at radius 2 is 1.58 bits per heavy atom. The van der Waals surface area contributed by atoms with Crippen LogP contribution in [0.4, 0.5) is 0 Å². The van der Waals surface area contributed by atoms with Crippen LogP contribution in [-0.2, 0) is 0 Å². The molecule has 2 aromatic rings. The Bertz CT molecular complexity index is 608. The number of H-pyrrole nitrogens is 1. The van der Waals surface area contributed by atoms with Crippen LogP contribution in [0.5, 0.6) is 0 Å². The maximum absolute atomic E-state index is 11.7. The van der Waals surface area contributed by atoms with Crippen molar-refractivity contribution in [2.24, 2.45) is 0 Å². The first-order valence-corrected chi connectivity index (χ1v) is 6.02. The highest BCUT2D eigenvalue weighted by Gasteiger charge is 2.10. The summed E-state index contributed by atoms with van der Waals surface area (Å²) in [6.07, 6.45) is 1.47. The van der Waals surface area contributed by atoms with E-state index >= 15 is 0 Å². The number of benzene rings is 1. The smallest absolute Gasteiger partial charge is 0.286 e. The number of aromatic nitrogens is 1. The molecule has 0 aliphatic carbocycles. The molecule has 0 saturated carbocycles. The van der Waals surface area contributed by atoms with Gasteiger partial charge in [0.1, 0.15) is 5.69 Å². The Balaban J connectivity index is 1.93. The van der Waals surface area contributed by atoms with Crippen molar-refractivity contribution in [3.05, 3.63) is 57.8 Å². The SMILES string of the molecule is O=C(NNC(=O)c1cc(Cl)c[nH]1)c1ccc(Cl)cc1. The molecule has 0 saturated heterocycles. The van der Waals surface area contributed by atoms with Crippen LogP contribution in [0.15, 0.2) is 36.5 Å². The first-order chi connectivity index (χ1) is 9.06. The molecule has 2 amide bonds. The van der Waals surface area contributed by atoms with E-state index in [4.69, 9.17) is 23.2 Å². The number of aromatic amines is 1. The van der Waals surface area contributed by atoms with Crippen LogP contribution < -0.4 is 10.9 Å². The molecule has 1 aromatic heterocycles. The predicted octanol–water partition coefficient (Wildman–Crippen LogP) is 2.40. The maximum Gasteiger partial charge on any atom is 0.286 e. The van der Waals surface area contributed by atoms with Crippen molar-refractivity contribution in [1.29, 1.82) is 0 Å². The lowest BCUT2D eigenvalue weighted by molar-refractivity contribution is 0.0844. The molecule has 98 valence electrons. The van der Waals surface area contributed by atoms with Gasteiger partial charge in [0.05, 0.1) is 5.02 Å². The Hall–Kier alpha value is -1.98. The highest BCUT2D eigenvalue weighted by molar-refractivity contribution is 6.31. The van der Waals surface area contributed by atoms with Crippen molar-refractivity contribution in [3.63, 3.8) is 0 Å². The summed E-state index contributed by atoms with van der Waals surface area (Å²) in [5.41, 5.74) is 5.18. The van der Waals surface area contributed by atoms with Crippen molar-refractivity contribution in [2.75, 3.05) is 0 Å². The molecule has 1 aromatic carbocycles. The summed E-state index contributed by atoms with van der Waals surface area (Å²) in [6, 6.07) is 7.72. The van der Waals surface area contributed by atoms with Crippen molar-refractivity contribution >= 4 is 35.0 Å². The van der Waals surface area contributed by atoms with Crippen LogP contribution in [0.2, 0.25) is 10.0 Å². The number of hydrogen-bond acceptors (Lipinski definition) is 2. The summed E-state index contributed by atoms with van der Waals surface area (Å²) in [4.78, 5) is 26.0. The Morgan fingerprint density at radius 3 is 2.16 bits per heavy atom. The van der Waals surface area contributed by atoms with E-state index in [1.165, 1.54) is 12.3 Å². The molecular formula is C12H9Cl2N3O2. The van der Waals surface area contributed by atoms with Crippen molar-refractivity contribution in [1.82, 2.24) is 15.8 Å². The van der Waals surface area contributed by atoms with Crippen LogP contribution in [0.1, 0.15) is 20.8 Å². The quantitative estimate of drug-likeness (QED) is 0.745. The Kier molecular flexibility index (Phi) is 4.09. The summed E-state index contributed by atoms with van der Waals surface area (Å²) in [5, 5.41) is 0.941. The standard InChI is InChI=1S/C12H9Cl2N3O2/c13-8-3-1-7(2-4-8)11(18)16-17-12(19)10-5-9(14)6-15-10/h1-6,15H,(H,16,18)(H,17,19). The monoisotopic (exact) mass is 297 g/mol. The average molecular weight is 298 g/mol. The van der Waals surface area contributed by atoms with Crippen LogP contribution in [-0.4, -0.2) is 16.8 Å². The second kappa shape index (κ2) is 5.77. The third-order valence-corrected chi connectivity index (χ3v) is 2.76. The van der Waals surface area contributed by atoms with Gasteiger partial charge in [-0.25, -0.2) is 0 Å². The van der Waals surface area contributed by atoms with Crippen LogP contribution in [0, 0.1) is 0 Å². The molecule has 19 heavy (non-hydrogen) atoms. The van der Waals surface area contributed by atoms with Gasteiger partial charge in [-0.1, -0.05) is 23.2 Å². The summed E-state index contributed by atoms with van der Waals surface area (Å²) >= 11 is 11.4. The van der Waals surface area contributed by atoms with Crippen molar-refractivity contribution < 1.29 is 9.59 Å². The first-order valence-electron chi connectivity index (χ1n) is 5.26. The number of rotatable bonds is 2. The molecule has 0 unspecified atom stereocenters. The fraction of sp³-hybridized carbons (Fsp3) is 0. The normalized spacial score (nSPS) is 10.0. The lowest BCUT2D eigenvalue weighted by Crippen LogP contribution is -2.41. The molecule has 5 nitrogen and oxygen atoms in total. The van der Waals surface area contributed by atoms with Gasteiger partial charge in [-0.3, -0.25) is 20.4 Å². The van der Waals surface area contributed by atoms with E-state index in [0.29, 0.717) is 15.6 Å². The molecule has 0 aliphatic rings. The summed E-state index contributed by atoms with van der Waals surface area (Å²) in [6.45, 7) is 0. The largest absolute Gasteiger partial charge is 0.356 e. The third-order valence-electron chi connectivity index (χ3n) is 2.29. The molecule has 7 heteroatoms. The van der Waals surface area contributed by atoms with E-state index in [-0.39, 0.29) is 5.69 Å². The van der Waals surface area contributed by atoms with E-state index in [1.54, 1.807) is 24.3 Å². The number of amides is 2. The zero-order valence-corrected chi connectivity index (χ0v) is 11.0. The Morgan fingerprint density at radius 1 is 0.947 bits per heavy atom. The summed E-state index contributed by atoms with van der Waals surface area (Å²) < 4.78 is 0. The molecule has 3 N–H and O–H groups in total. The maximum atomic E-state index is 11.7. The van der Waals surface area contributed by atoms with Gasteiger partial charge in [-0.05, 0) is 30.3 Å². The molecule has 0 radical (unpaired) electrons. The van der Waals surface area contributed by atoms with Gasteiger partial charge in [-0.2, -0.15) is 0 Å². The van der Waals surface area contributed by atoms with E-state index in [1.807, 2.05) is 0 Å². The lowest BCUT2D eigenvalue weighted by atomic mass is 10.2. The minimum absolute atomic E-state index is 0.251. The molecular weight excluding hydrogens is 289 g/mol. The van der Waals surface area contributed by atoms with Crippen LogP contribution in [0.25, 0.3) is 0 Å². The molecule has 1 heterocycles. The lowest BCUT2D eigenvalue weighted by Gasteiger charge is -2.06. The van der Waals surface area contributed by atoms with E-state index in [9.17, 15) is 9.59 Å². The predicted molar refractivity (Wildman–Crippen MR) is 72.2 cm³/mol. The van der Waals surface area contributed by atoms with Gasteiger partial charge in [-0.15, -0.1) is 0 Å². The highest BCUT2D eigenvalue weighted by Crippen LogP contribution is 2.10. The summed E-state index contributed by atoms with van der Waals surface area (Å²) in [5.74, 6) is -0.933. The highest BCUT2D eigenvalue weighted by atomic mass is 35.5. The zero-order valence-electron chi connectivity index (χ0n) is 9.54. The van der Waals surface area contributed by atoms with E-state index < -0.39 is 11.8 Å². The zero-order chi connectivity index (χ0) is 13.8. The second-order valence-electron chi connectivity index (χ2n) is 3.65. The van der Waals surface area contributed by atoms with Gasteiger partial charge < -0.3 is 4.98 Å².